The average molecular weight is 422 g/mol. The van der Waals surface area contributed by atoms with Gasteiger partial charge in [-0.1, -0.05) is 18.2 Å². The molecule has 0 amide bonds. The van der Waals surface area contributed by atoms with Crippen LogP contribution in [0.15, 0.2) is 40.6 Å². The van der Waals surface area contributed by atoms with Gasteiger partial charge in [0.25, 0.3) is 0 Å². The molecule has 0 aliphatic heterocycles. The molecule has 0 heterocycles. The lowest BCUT2D eigenvalue weighted by molar-refractivity contribution is -0.857. The molecule has 28 heavy (non-hydrogen) atoms. The second-order valence-corrected chi connectivity index (χ2v) is 5.53. The maximum Gasteiger partial charge on any atom is 0.593 e. The monoisotopic (exact) mass is 422 g/mol. The highest BCUT2D eigenvalue weighted by molar-refractivity contribution is 5.35. The SMILES string of the molecule is O=[N+]([O-])C1([N+](=O)[O-])C(F)(F)C(F)(F)C(N=Nc2ccccc2)C(F)(F)C1(F)F. The molecule has 0 N–H and O–H groups in total. The van der Waals surface area contributed by atoms with Crippen LogP contribution in [0.1, 0.15) is 0 Å². The van der Waals surface area contributed by atoms with Gasteiger partial charge >= 0.3 is 29.4 Å². The highest BCUT2D eigenvalue weighted by atomic mass is 19.3. The summed E-state index contributed by atoms with van der Waals surface area (Å²) < 4.78 is 113. The molecule has 1 aliphatic carbocycles. The summed E-state index contributed by atoms with van der Waals surface area (Å²) in [5.41, 5.74) is -7.03. The van der Waals surface area contributed by atoms with E-state index in [-0.39, 0.29) is 0 Å². The van der Waals surface area contributed by atoms with Crippen molar-refractivity contribution >= 4 is 5.69 Å². The van der Waals surface area contributed by atoms with Crippen LogP contribution < -0.4 is 0 Å². The molecule has 0 bridgehead atoms. The number of benzene rings is 1. The molecule has 0 aromatic heterocycles. The van der Waals surface area contributed by atoms with Crippen molar-refractivity contribution in [1.82, 2.24) is 0 Å². The predicted molar refractivity (Wildman–Crippen MR) is 71.3 cm³/mol. The van der Waals surface area contributed by atoms with Crippen LogP contribution in [-0.4, -0.2) is 45.2 Å². The number of hydrogen-bond acceptors (Lipinski definition) is 6. The first kappa shape index (κ1) is 21.4. The van der Waals surface area contributed by atoms with Crippen LogP contribution in [0.2, 0.25) is 0 Å². The summed E-state index contributed by atoms with van der Waals surface area (Å²) in [6.07, 6.45) is 0. The zero-order valence-electron chi connectivity index (χ0n) is 12.9. The number of halogens is 8. The summed E-state index contributed by atoms with van der Waals surface area (Å²) in [6.45, 7) is 0. The van der Waals surface area contributed by atoms with Gasteiger partial charge in [-0.3, -0.25) is 20.2 Å². The van der Waals surface area contributed by atoms with Crippen molar-refractivity contribution < 1.29 is 45.0 Å². The molecule has 0 saturated heterocycles. The van der Waals surface area contributed by atoms with Gasteiger partial charge in [-0.2, -0.15) is 45.4 Å². The lowest BCUT2D eigenvalue weighted by Gasteiger charge is -2.45. The van der Waals surface area contributed by atoms with Crippen molar-refractivity contribution in [3.8, 4) is 0 Å². The Bertz CT molecular complexity index is 788. The average Bonchev–Trinajstić information content (AvgIpc) is 2.53. The van der Waals surface area contributed by atoms with E-state index in [1.165, 1.54) is 18.2 Å². The van der Waals surface area contributed by atoms with Crippen LogP contribution in [0.5, 0.6) is 0 Å². The number of nitrogens with zero attached hydrogens (tertiary/aromatic N) is 4. The molecule has 1 aromatic rings. The van der Waals surface area contributed by atoms with E-state index in [0.717, 1.165) is 12.1 Å². The quantitative estimate of drug-likeness (QED) is 0.241. The number of hydrogen-bond donors (Lipinski definition) is 0. The van der Waals surface area contributed by atoms with Crippen LogP contribution in [0.4, 0.5) is 40.8 Å². The van der Waals surface area contributed by atoms with E-state index in [1.807, 2.05) is 0 Å². The standard InChI is InChI=1S/C12H6F8N4O4/c13-8(14)7(22-21-6-4-2-1-3-5-6)9(15,16)11(19,20)12(23(25)26,24(27)28)10(8,17)18/h1-5,7H. The van der Waals surface area contributed by atoms with Crippen molar-refractivity contribution in [3.63, 3.8) is 0 Å². The van der Waals surface area contributed by atoms with E-state index in [4.69, 9.17) is 0 Å². The lowest BCUT2D eigenvalue weighted by atomic mass is 9.74. The molecular formula is C12H6F8N4O4. The lowest BCUT2D eigenvalue weighted by Crippen LogP contribution is -2.86. The fraction of sp³-hybridized carbons (Fsp3) is 0.500. The summed E-state index contributed by atoms with van der Waals surface area (Å²) in [6, 6.07) is 0.971. The van der Waals surface area contributed by atoms with Gasteiger partial charge in [0.05, 0.1) is 5.69 Å². The van der Waals surface area contributed by atoms with Crippen LogP contribution in [-0.2, 0) is 0 Å². The van der Waals surface area contributed by atoms with Crippen molar-refractivity contribution in [2.24, 2.45) is 10.2 Å². The van der Waals surface area contributed by atoms with Crippen molar-refractivity contribution in [2.75, 3.05) is 0 Å². The van der Waals surface area contributed by atoms with Crippen molar-refractivity contribution in [3.05, 3.63) is 50.6 Å². The second kappa shape index (κ2) is 6.03. The molecule has 1 fully saturated rings. The van der Waals surface area contributed by atoms with Crippen LogP contribution in [0, 0.1) is 20.2 Å². The van der Waals surface area contributed by atoms with E-state index in [0.29, 0.717) is 0 Å². The number of rotatable bonds is 4. The molecule has 1 aromatic carbocycles. The molecule has 8 nitrogen and oxygen atoms in total. The Morgan fingerprint density at radius 1 is 0.786 bits per heavy atom. The summed E-state index contributed by atoms with van der Waals surface area (Å²) in [5.74, 6) is -26.6. The van der Waals surface area contributed by atoms with E-state index < -0.39 is 50.9 Å². The first-order chi connectivity index (χ1) is 12.6. The Morgan fingerprint density at radius 3 is 1.54 bits per heavy atom. The Kier molecular flexibility index (Phi) is 4.60. The molecule has 16 heteroatoms. The first-order valence-electron chi connectivity index (χ1n) is 6.86. The maximum atomic E-state index is 14.1. The molecule has 2 rings (SSSR count). The predicted octanol–water partition coefficient (Wildman–Crippen LogP) is 3.94. The van der Waals surface area contributed by atoms with Gasteiger partial charge in [0, 0.05) is 0 Å². The summed E-state index contributed by atoms with van der Waals surface area (Å²) in [4.78, 5) is 15.1. The van der Waals surface area contributed by atoms with Crippen LogP contribution >= 0.6 is 0 Å². The second-order valence-electron chi connectivity index (χ2n) is 5.53. The van der Waals surface area contributed by atoms with Gasteiger partial charge in [-0.15, -0.1) is 0 Å². The zero-order valence-corrected chi connectivity index (χ0v) is 12.9. The third-order valence-electron chi connectivity index (χ3n) is 3.97. The summed E-state index contributed by atoms with van der Waals surface area (Å²) in [7, 11) is 0. The number of azo groups is 1. The topological polar surface area (TPSA) is 111 Å². The highest BCUT2D eigenvalue weighted by Gasteiger charge is 3.07. The number of alkyl halides is 8. The minimum atomic E-state index is -6.88. The van der Waals surface area contributed by atoms with E-state index in [9.17, 15) is 55.4 Å². The number of nitro groups is 2. The maximum absolute atomic E-state index is 14.1. The zero-order chi connectivity index (χ0) is 21.8. The first-order valence-corrected chi connectivity index (χ1v) is 6.86. The van der Waals surface area contributed by atoms with E-state index >= 15 is 0 Å². The summed E-state index contributed by atoms with van der Waals surface area (Å²) >= 11 is 0. The molecule has 154 valence electrons. The Hall–Kier alpha value is -2.94. The van der Waals surface area contributed by atoms with Crippen LogP contribution in [0.3, 0.4) is 0 Å². The van der Waals surface area contributed by atoms with Gasteiger partial charge < -0.3 is 0 Å². The Labute approximate surface area is 148 Å². The van der Waals surface area contributed by atoms with Crippen molar-refractivity contribution in [2.45, 2.75) is 35.4 Å². The molecule has 0 unspecified atom stereocenters. The minimum Gasteiger partial charge on any atom is -0.258 e. The van der Waals surface area contributed by atoms with Gasteiger partial charge in [0.15, 0.2) is 0 Å². The normalized spacial score (nSPS) is 24.7. The largest absolute Gasteiger partial charge is 0.593 e. The third-order valence-corrected chi connectivity index (χ3v) is 3.97. The highest BCUT2D eigenvalue weighted by Crippen LogP contribution is 2.64. The van der Waals surface area contributed by atoms with Gasteiger partial charge in [0.2, 0.25) is 6.04 Å². The van der Waals surface area contributed by atoms with E-state index in [1.54, 1.807) is 0 Å². The van der Waals surface area contributed by atoms with Gasteiger partial charge in [-0.05, 0) is 12.1 Å². The van der Waals surface area contributed by atoms with Gasteiger partial charge in [0.1, 0.15) is 9.85 Å². The molecule has 1 aliphatic rings. The molecular weight excluding hydrogens is 416 g/mol. The smallest absolute Gasteiger partial charge is 0.258 e. The van der Waals surface area contributed by atoms with E-state index in [2.05, 4.69) is 10.2 Å². The Morgan fingerprint density at radius 2 is 1.18 bits per heavy atom. The fourth-order valence-electron chi connectivity index (χ4n) is 2.52. The molecule has 1 saturated carbocycles. The van der Waals surface area contributed by atoms with Crippen LogP contribution in [0.25, 0.3) is 0 Å². The van der Waals surface area contributed by atoms with Gasteiger partial charge in [-0.25, -0.2) is 0 Å². The molecule has 0 radical (unpaired) electrons. The minimum absolute atomic E-state index is 0.485. The third kappa shape index (κ3) is 2.29. The fourth-order valence-corrected chi connectivity index (χ4v) is 2.52. The Balaban J connectivity index is 2.79. The summed E-state index contributed by atoms with van der Waals surface area (Å²) in [5, 5.41) is 26.3. The van der Waals surface area contributed by atoms with Crippen molar-refractivity contribution in [1.29, 1.82) is 0 Å². The molecule has 0 spiro atoms. The molecule has 0 atom stereocenters.